The molecule has 0 spiro atoms. The van der Waals surface area contributed by atoms with Crippen LogP contribution in [0.25, 0.3) is 11.0 Å². The number of fused-ring (bicyclic) bond motifs is 3. The van der Waals surface area contributed by atoms with Crippen molar-refractivity contribution in [3.8, 4) is 11.8 Å². The first-order valence-electron chi connectivity index (χ1n) is 10.6. The van der Waals surface area contributed by atoms with Crippen LogP contribution < -0.4 is 15.4 Å². The van der Waals surface area contributed by atoms with E-state index in [1.165, 1.54) is 18.2 Å². The second kappa shape index (κ2) is 8.25. The first-order chi connectivity index (χ1) is 16.6. The Morgan fingerprint density at radius 3 is 2.80 bits per heavy atom. The van der Waals surface area contributed by atoms with E-state index in [0.717, 1.165) is 12.1 Å². The second-order valence-electron chi connectivity index (χ2n) is 8.73. The van der Waals surface area contributed by atoms with Gasteiger partial charge in [0.25, 0.3) is 5.91 Å². The van der Waals surface area contributed by atoms with Gasteiger partial charge in [0.05, 0.1) is 38.6 Å². The molecule has 35 heavy (non-hydrogen) atoms. The van der Waals surface area contributed by atoms with E-state index in [0.29, 0.717) is 28.8 Å². The van der Waals surface area contributed by atoms with Gasteiger partial charge < -0.3 is 20.4 Å². The molecule has 1 aromatic heterocycles. The largest absolute Gasteiger partial charge is 0.486 e. The van der Waals surface area contributed by atoms with Gasteiger partial charge in [-0.05, 0) is 50.2 Å². The number of hydrogen-bond acceptors (Lipinski definition) is 5. The Balaban J connectivity index is 1.58. The Labute approximate surface area is 203 Å². The van der Waals surface area contributed by atoms with Crippen molar-refractivity contribution in [1.82, 2.24) is 9.97 Å². The molecule has 0 radical (unpaired) electrons. The van der Waals surface area contributed by atoms with Crippen LogP contribution in [0.4, 0.5) is 26.1 Å². The number of imidazole rings is 1. The molecule has 0 fully saturated rings. The van der Waals surface area contributed by atoms with Crippen LogP contribution >= 0.6 is 11.6 Å². The minimum absolute atomic E-state index is 0.00730. The maximum absolute atomic E-state index is 14.3. The van der Waals surface area contributed by atoms with E-state index in [2.05, 4.69) is 20.6 Å². The third kappa shape index (κ3) is 4.13. The van der Waals surface area contributed by atoms with Crippen LogP contribution in [0.1, 0.15) is 35.3 Å². The van der Waals surface area contributed by atoms with Crippen molar-refractivity contribution in [1.29, 1.82) is 5.26 Å². The number of H-pyrrole nitrogens is 1. The van der Waals surface area contributed by atoms with Gasteiger partial charge in [0.2, 0.25) is 5.95 Å². The maximum atomic E-state index is 14.3. The molecular weight excluding hydrogens is 476 g/mol. The highest BCUT2D eigenvalue weighted by Crippen LogP contribution is 2.42. The highest BCUT2D eigenvalue weighted by atomic mass is 35.5. The number of amides is 1. The Bertz CT molecular complexity index is 1540. The summed E-state index contributed by atoms with van der Waals surface area (Å²) in [6.45, 7) is 3.78. The minimum Gasteiger partial charge on any atom is -0.486 e. The van der Waals surface area contributed by atoms with Crippen LogP contribution in [0.15, 0.2) is 42.5 Å². The van der Waals surface area contributed by atoms with E-state index in [1.807, 2.05) is 19.9 Å². The number of nitriles is 1. The summed E-state index contributed by atoms with van der Waals surface area (Å²) in [6.07, 6.45) is 0.477. The fourth-order valence-electron chi connectivity index (χ4n) is 4.09. The molecule has 7 nitrogen and oxygen atoms in total. The number of nitrogens with one attached hydrogen (secondary N) is 3. The lowest BCUT2D eigenvalue weighted by molar-refractivity contribution is 0.101. The Hall–Kier alpha value is -4.16. The lowest BCUT2D eigenvalue weighted by Crippen LogP contribution is -2.25. The second-order valence-corrected chi connectivity index (χ2v) is 9.14. The quantitative estimate of drug-likeness (QED) is 0.320. The van der Waals surface area contributed by atoms with Crippen molar-refractivity contribution in [3.63, 3.8) is 0 Å². The van der Waals surface area contributed by atoms with Crippen LogP contribution in [0.2, 0.25) is 5.02 Å². The molecule has 0 atom stereocenters. The molecule has 5 rings (SSSR count). The standard InChI is InChI=1S/C25H18ClF2N5O2/c1-25(2)10-15-20-19(31-24(32-20)33-21-16(26)4-3-5-17(21)28)9-14(22(15)35-25)23(34)30-18-7-6-13(27)8-12(18)11-29/h3-9H,10H2,1-2H3,(H,30,34)(H2,31,32,33). The summed E-state index contributed by atoms with van der Waals surface area (Å²) in [7, 11) is 0. The van der Waals surface area contributed by atoms with Gasteiger partial charge in [-0.15, -0.1) is 0 Å². The van der Waals surface area contributed by atoms with Crippen LogP contribution in [-0.2, 0) is 6.42 Å². The zero-order valence-electron chi connectivity index (χ0n) is 18.6. The van der Waals surface area contributed by atoms with Crippen LogP contribution in [0, 0.1) is 23.0 Å². The lowest BCUT2D eigenvalue weighted by atomic mass is 9.98. The molecule has 176 valence electrons. The number of nitrogens with zero attached hydrogens (tertiary/aromatic N) is 2. The highest BCUT2D eigenvalue weighted by molar-refractivity contribution is 6.33. The number of hydrogen-bond donors (Lipinski definition) is 3. The van der Waals surface area contributed by atoms with Crippen molar-refractivity contribution >= 4 is 45.9 Å². The van der Waals surface area contributed by atoms with Crippen molar-refractivity contribution in [2.45, 2.75) is 25.9 Å². The number of para-hydroxylation sites is 1. The SMILES string of the molecule is CC1(C)Cc2c(c(C(=O)Nc3ccc(F)cc3C#N)cc3[nH]c(Nc4c(F)cccc4Cl)nc23)O1. The number of carbonyl (C=O) groups is 1. The molecule has 0 saturated heterocycles. The molecule has 3 aromatic carbocycles. The zero-order chi connectivity index (χ0) is 24.9. The minimum atomic E-state index is -0.597. The first-order valence-corrected chi connectivity index (χ1v) is 11.0. The van der Waals surface area contributed by atoms with Crippen LogP contribution in [0.5, 0.6) is 5.75 Å². The summed E-state index contributed by atoms with van der Waals surface area (Å²) in [5.74, 6) is -1.06. The summed E-state index contributed by atoms with van der Waals surface area (Å²) in [4.78, 5) is 20.9. The lowest BCUT2D eigenvalue weighted by Gasteiger charge is -2.18. The van der Waals surface area contributed by atoms with E-state index in [1.54, 1.807) is 12.1 Å². The van der Waals surface area contributed by atoms with Gasteiger partial charge in [0.1, 0.15) is 29.1 Å². The third-order valence-corrected chi connectivity index (χ3v) is 5.92. The smallest absolute Gasteiger partial charge is 0.259 e. The van der Waals surface area contributed by atoms with Crippen LogP contribution in [-0.4, -0.2) is 21.5 Å². The van der Waals surface area contributed by atoms with Gasteiger partial charge in [0.15, 0.2) is 0 Å². The van der Waals surface area contributed by atoms with Crippen LogP contribution in [0.3, 0.4) is 0 Å². The Morgan fingerprint density at radius 1 is 1.26 bits per heavy atom. The Kier molecular flexibility index (Phi) is 5.33. The fourth-order valence-corrected chi connectivity index (χ4v) is 4.30. The van der Waals surface area contributed by atoms with Crippen molar-refractivity contribution in [3.05, 3.63) is 75.8 Å². The molecule has 4 aromatic rings. The summed E-state index contributed by atoms with van der Waals surface area (Å²) in [6, 6.07) is 11.3. The summed E-state index contributed by atoms with van der Waals surface area (Å²) in [5, 5.41) is 15.0. The van der Waals surface area contributed by atoms with Crippen molar-refractivity contribution in [2.75, 3.05) is 10.6 Å². The van der Waals surface area contributed by atoms with E-state index >= 15 is 0 Å². The first kappa shape index (κ1) is 22.6. The molecule has 1 aliphatic rings. The number of benzene rings is 3. The number of halogens is 3. The summed E-state index contributed by atoms with van der Waals surface area (Å²) in [5.41, 5.74) is 1.65. The van der Waals surface area contributed by atoms with Crippen molar-refractivity contribution in [2.24, 2.45) is 0 Å². The molecule has 0 bridgehead atoms. The molecule has 0 saturated carbocycles. The summed E-state index contributed by atoms with van der Waals surface area (Å²) < 4.78 is 33.9. The third-order valence-electron chi connectivity index (χ3n) is 5.61. The fraction of sp³-hybridized carbons (Fsp3) is 0.160. The maximum Gasteiger partial charge on any atom is 0.259 e. The molecular formula is C25H18ClF2N5O2. The molecule has 1 amide bonds. The van der Waals surface area contributed by atoms with E-state index in [4.69, 9.17) is 16.3 Å². The predicted molar refractivity (Wildman–Crippen MR) is 128 cm³/mol. The predicted octanol–water partition coefficient (Wildman–Crippen LogP) is 6.08. The highest BCUT2D eigenvalue weighted by Gasteiger charge is 2.36. The monoisotopic (exact) mass is 493 g/mol. The average Bonchev–Trinajstić information content (AvgIpc) is 3.35. The van der Waals surface area contributed by atoms with Crippen molar-refractivity contribution < 1.29 is 18.3 Å². The van der Waals surface area contributed by atoms with Gasteiger partial charge in [-0.3, -0.25) is 4.79 Å². The van der Waals surface area contributed by atoms with E-state index < -0.39 is 23.1 Å². The topological polar surface area (TPSA) is 103 Å². The average molecular weight is 494 g/mol. The van der Waals surface area contributed by atoms with E-state index in [9.17, 15) is 18.8 Å². The molecule has 0 unspecified atom stereocenters. The number of anilines is 3. The van der Waals surface area contributed by atoms with E-state index in [-0.39, 0.29) is 33.5 Å². The molecule has 1 aliphatic heterocycles. The van der Waals surface area contributed by atoms with Gasteiger partial charge in [-0.25, -0.2) is 13.8 Å². The molecule has 0 aliphatic carbocycles. The molecule has 10 heteroatoms. The van der Waals surface area contributed by atoms with Gasteiger partial charge in [-0.2, -0.15) is 5.26 Å². The Morgan fingerprint density at radius 2 is 2.06 bits per heavy atom. The molecule has 3 N–H and O–H groups in total. The number of carbonyl (C=O) groups excluding carboxylic acids is 1. The number of aromatic nitrogens is 2. The normalized spacial score (nSPS) is 13.7. The number of aromatic amines is 1. The van der Waals surface area contributed by atoms with Gasteiger partial charge in [-0.1, -0.05) is 17.7 Å². The number of rotatable bonds is 4. The van der Waals surface area contributed by atoms with Gasteiger partial charge >= 0.3 is 0 Å². The number of ether oxygens (including phenoxy) is 1. The zero-order valence-corrected chi connectivity index (χ0v) is 19.3. The molecule has 2 heterocycles. The summed E-state index contributed by atoms with van der Waals surface area (Å²) >= 11 is 6.12. The van der Waals surface area contributed by atoms with Gasteiger partial charge in [0, 0.05) is 12.0 Å².